The second kappa shape index (κ2) is 7.31. The standard InChI is InChI=1S/C17H17NO5/c1-11(17(20)21)23-15-7-3-12(4-8-15)16(19)18-13-5-9-14(22-2)10-6-13/h3-11H,1-2H3,(H,18,19)(H,20,21)/p-1. The van der Waals surface area contributed by atoms with E-state index in [9.17, 15) is 14.7 Å². The fraction of sp³-hybridized carbons (Fsp3) is 0.176. The Morgan fingerprint density at radius 1 is 1.00 bits per heavy atom. The molecule has 0 heterocycles. The minimum Gasteiger partial charge on any atom is -0.546 e. The van der Waals surface area contributed by atoms with E-state index in [0.29, 0.717) is 22.7 Å². The molecule has 2 aromatic carbocycles. The summed E-state index contributed by atoms with van der Waals surface area (Å²) in [5, 5.41) is 13.4. The number of ether oxygens (including phenoxy) is 2. The Hall–Kier alpha value is -3.02. The van der Waals surface area contributed by atoms with Crippen LogP contribution in [0, 0.1) is 0 Å². The zero-order chi connectivity index (χ0) is 16.8. The molecule has 1 atom stereocenters. The van der Waals surface area contributed by atoms with Crippen LogP contribution >= 0.6 is 0 Å². The van der Waals surface area contributed by atoms with Crippen molar-refractivity contribution >= 4 is 17.6 Å². The molecule has 2 rings (SSSR count). The molecule has 0 aliphatic carbocycles. The molecule has 1 N–H and O–H groups in total. The van der Waals surface area contributed by atoms with Crippen LogP contribution in [0.5, 0.6) is 11.5 Å². The number of carboxylic acids is 1. The van der Waals surface area contributed by atoms with Crippen molar-refractivity contribution in [1.82, 2.24) is 0 Å². The van der Waals surface area contributed by atoms with E-state index in [1.807, 2.05) is 0 Å². The molecule has 2 aromatic rings. The second-order valence-corrected chi connectivity index (χ2v) is 4.79. The van der Waals surface area contributed by atoms with Crippen molar-refractivity contribution in [3.8, 4) is 11.5 Å². The van der Waals surface area contributed by atoms with Gasteiger partial charge in [-0.2, -0.15) is 0 Å². The quantitative estimate of drug-likeness (QED) is 0.872. The molecular formula is C17H16NO5-. The zero-order valence-electron chi connectivity index (χ0n) is 12.7. The van der Waals surface area contributed by atoms with Crippen LogP contribution in [0.4, 0.5) is 5.69 Å². The van der Waals surface area contributed by atoms with Crippen LogP contribution in [0.15, 0.2) is 48.5 Å². The Balaban J connectivity index is 2.00. The van der Waals surface area contributed by atoms with Crippen molar-refractivity contribution in [3.05, 3.63) is 54.1 Å². The van der Waals surface area contributed by atoms with Gasteiger partial charge in [0.15, 0.2) is 0 Å². The number of anilines is 1. The van der Waals surface area contributed by atoms with Gasteiger partial charge >= 0.3 is 0 Å². The summed E-state index contributed by atoms with van der Waals surface area (Å²) in [4.78, 5) is 22.7. The van der Waals surface area contributed by atoms with Gasteiger partial charge in [-0.3, -0.25) is 4.79 Å². The van der Waals surface area contributed by atoms with Crippen LogP contribution in [-0.2, 0) is 4.79 Å². The highest BCUT2D eigenvalue weighted by Gasteiger charge is 2.08. The van der Waals surface area contributed by atoms with E-state index in [0.717, 1.165) is 0 Å². The molecule has 1 amide bonds. The fourth-order valence-electron chi connectivity index (χ4n) is 1.81. The molecule has 0 spiro atoms. The van der Waals surface area contributed by atoms with E-state index in [1.54, 1.807) is 43.5 Å². The molecule has 0 aromatic heterocycles. The first-order valence-corrected chi connectivity index (χ1v) is 6.92. The number of rotatable bonds is 6. The normalized spacial score (nSPS) is 11.4. The maximum Gasteiger partial charge on any atom is 0.255 e. The number of hydrogen-bond donors (Lipinski definition) is 1. The van der Waals surface area contributed by atoms with Crippen molar-refractivity contribution in [1.29, 1.82) is 0 Å². The Labute approximate surface area is 133 Å². The predicted molar refractivity (Wildman–Crippen MR) is 82.5 cm³/mol. The van der Waals surface area contributed by atoms with Crippen LogP contribution in [0.25, 0.3) is 0 Å². The van der Waals surface area contributed by atoms with E-state index in [4.69, 9.17) is 9.47 Å². The van der Waals surface area contributed by atoms with Crippen molar-refractivity contribution in [2.45, 2.75) is 13.0 Å². The Morgan fingerprint density at radius 2 is 1.57 bits per heavy atom. The van der Waals surface area contributed by atoms with Crippen LogP contribution < -0.4 is 19.9 Å². The molecule has 120 valence electrons. The summed E-state index contributed by atoms with van der Waals surface area (Å²) in [6, 6.07) is 13.1. The molecule has 0 bridgehead atoms. The summed E-state index contributed by atoms with van der Waals surface area (Å²) >= 11 is 0. The maximum atomic E-state index is 12.1. The predicted octanol–water partition coefficient (Wildman–Crippen LogP) is 1.46. The molecule has 23 heavy (non-hydrogen) atoms. The molecule has 0 aliphatic heterocycles. The lowest BCUT2D eigenvalue weighted by Crippen LogP contribution is -2.37. The van der Waals surface area contributed by atoms with Gasteiger partial charge in [0.2, 0.25) is 0 Å². The summed E-state index contributed by atoms with van der Waals surface area (Å²) in [6.07, 6.45) is -1.06. The molecule has 0 saturated heterocycles. The first-order valence-electron chi connectivity index (χ1n) is 6.92. The molecule has 0 radical (unpaired) electrons. The molecule has 6 heteroatoms. The van der Waals surface area contributed by atoms with Crippen molar-refractivity contribution in [3.63, 3.8) is 0 Å². The number of hydrogen-bond acceptors (Lipinski definition) is 5. The highest BCUT2D eigenvalue weighted by atomic mass is 16.5. The number of nitrogens with one attached hydrogen (secondary N) is 1. The molecule has 1 unspecified atom stereocenters. The molecule has 6 nitrogen and oxygen atoms in total. The molecular weight excluding hydrogens is 298 g/mol. The first kappa shape index (κ1) is 16.4. The third-order valence-electron chi connectivity index (χ3n) is 3.11. The van der Waals surface area contributed by atoms with Crippen molar-refractivity contribution in [2.75, 3.05) is 12.4 Å². The second-order valence-electron chi connectivity index (χ2n) is 4.79. The lowest BCUT2D eigenvalue weighted by molar-refractivity contribution is -0.312. The van der Waals surface area contributed by atoms with Gasteiger partial charge in [-0.1, -0.05) is 0 Å². The third kappa shape index (κ3) is 4.47. The van der Waals surface area contributed by atoms with Crippen molar-refractivity contribution < 1.29 is 24.2 Å². The number of benzene rings is 2. The molecule has 0 fully saturated rings. The first-order chi connectivity index (χ1) is 11.0. The molecule has 0 saturated carbocycles. The SMILES string of the molecule is COc1ccc(NC(=O)c2ccc(OC(C)C(=O)[O-])cc2)cc1. The smallest absolute Gasteiger partial charge is 0.255 e. The van der Waals surface area contributed by atoms with Gasteiger partial charge in [-0.05, 0) is 55.5 Å². The minimum absolute atomic E-state index is 0.283. The average molecular weight is 314 g/mol. The van der Waals surface area contributed by atoms with E-state index < -0.39 is 12.1 Å². The lowest BCUT2D eigenvalue weighted by Gasteiger charge is -2.15. The van der Waals surface area contributed by atoms with Gasteiger partial charge in [0, 0.05) is 11.3 Å². The number of carbonyl (C=O) groups excluding carboxylic acids is 2. The summed E-state index contributed by atoms with van der Waals surface area (Å²) < 4.78 is 10.2. The van der Waals surface area contributed by atoms with E-state index >= 15 is 0 Å². The monoisotopic (exact) mass is 314 g/mol. The number of carbonyl (C=O) groups is 2. The van der Waals surface area contributed by atoms with Gasteiger partial charge in [0.25, 0.3) is 5.91 Å². The van der Waals surface area contributed by atoms with Gasteiger partial charge in [-0.15, -0.1) is 0 Å². The third-order valence-corrected chi connectivity index (χ3v) is 3.11. The van der Waals surface area contributed by atoms with Gasteiger partial charge in [-0.25, -0.2) is 0 Å². The van der Waals surface area contributed by atoms with Crippen LogP contribution in [-0.4, -0.2) is 25.1 Å². The lowest BCUT2D eigenvalue weighted by atomic mass is 10.2. The van der Waals surface area contributed by atoms with Gasteiger partial charge < -0.3 is 24.7 Å². The Bertz CT molecular complexity index is 679. The van der Waals surface area contributed by atoms with E-state index in [1.165, 1.54) is 19.1 Å². The van der Waals surface area contributed by atoms with Crippen LogP contribution in [0.1, 0.15) is 17.3 Å². The maximum absolute atomic E-state index is 12.1. The summed E-state index contributed by atoms with van der Waals surface area (Å²) in [7, 11) is 1.57. The topological polar surface area (TPSA) is 87.7 Å². The number of methoxy groups -OCH3 is 1. The van der Waals surface area contributed by atoms with Crippen LogP contribution in [0.3, 0.4) is 0 Å². The van der Waals surface area contributed by atoms with Gasteiger partial charge in [0.05, 0.1) is 13.1 Å². The summed E-state index contributed by atoms with van der Waals surface area (Å²) in [5.41, 5.74) is 1.07. The summed E-state index contributed by atoms with van der Waals surface area (Å²) in [6.45, 7) is 1.37. The van der Waals surface area contributed by atoms with E-state index in [2.05, 4.69) is 5.32 Å². The molecule has 0 aliphatic rings. The highest BCUT2D eigenvalue weighted by Crippen LogP contribution is 2.17. The minimum atomic E-state index is -1.30. The average Bonchev–Trinajstić information content (AvgIpc) is 2.56. The summed E-state index contributed by atoms with van der Waals surface area (Å²) in [5.74, 6) is -0.532. The zero-order valence-corrected chi connectivity index (χ0v) is 12.7. The van der Waals surface area contributed by atoms with Gasteiger partial charge in [0.1, 0.15) is 17.6 Å². The van der Waals surface area contributed by atoms with Crippen molar-refractivity contribution in [2.24, 2.45) is 0 Å². The Kier molecular flexibility index (Phi) is 5.19. The number of amides is 1. The number of carboxylic acid groups (broad SMARTS) is 1. The van der Waals surface area contributed by atoms with Crippen LogP contribution in [0.2, 0.25) is 0 Å². The van der Waals surface area contributed by atoms with E-state index in [-0.39, 0.29) is 5.91 Å². The Morgan fingerprint density at radius 3 is 2.09 bits per heavy atom. The largest absolute Gasteiger partial charge is 0.546 e. The highest BCUT2D eigenvalue weighted by molar-refractivity contribution is 6.04. The fourth-order valence-corrected chi connectivity index (χ4v) is 1.81. The number of aliphatic carboxylic acids is 1.